The van der Waals surface area contributed by atoms with Crippen LogP contribution in [0.4, 0.5) is 0 Å². The predicted octanol–water partition coefficient (Wildman–Crippen LogP) is 3.30. The highest BCUT2D eigenvalue weighted by atomic mass is 35.5. The summed E-state index contributed by atoms with van der Waals surface area (Å²) < 4.78 is 0. The van der Waals surface area contributed by atoms with Crippen LogP contribution in [0.5, 0.6) is 0 Å². The minimum Gasteiger partial charge on any atom is -0.345 e. The molecule has 0 saturated heterocycles. The Balaban J connectivity index is 2.15. The van der Waals surface area contributed by atoms with E-state index in [2.05, 4.69) is 15.3 Å². The molecule has 0 spiro atoms. The number of pyridine rings is 1. The van der Waals surface area contributed by atoms with E-state index >= 15 is 0 Å². The van der Waals surface area contributed by atoms with Crippen molar-refractivity contribution < 1.29 is 4.79 Å². The van der Waals surface area contributed by atoms with Crippen LogP contribution in [0.1, 0.15) is 38.9 Å². The summed E-state index contributed by atoms with van der Waals surface area (Å²) in [6.45, 7) is 5.84. The van der Waals surface area contributed by atoms with E-state index in [9.17, 15) is 4.79 Å². The first-order valence-electron chi connectivity index (χ1n) is 5.83. The first-order valence-corrected chi connectivity index (χ1v) is 7.02. The maximum Gasteiger partial charge on any atom is 0.253 e. The summed E-state index contributed by atoms with van der Waals surface area (Å²) in [5, 5.41) is 4.27. The Kier molecular flexibility index (Phi) is 4.17. The molecule has 2 aromatic heterocycles. The number of aryl methyl sites for hydroxylation is 2. The molecule has 0 saturated carbocycles. The molecule has 100 valence electrons. The summed E-state index contributed by atoms with van der Waals surface area (Å²) in [7, 11) is 0. The SMILES string of the molecule is Cc1nc(C)c(C(C)NC(=O)c2ccncc2Cl)s1. The minimum atomic E-state index is -0.203. The molecule has 2 aromatic rings. The van der Waals surface area contributed by atoms with Gasteiger partial charge < -0.3 is 5.32 Å². The standard InChI is InChI=1S/C13H14ClN3OS/c1-7-12(19-9(3)16-7)8(2)17-13(18)10-4-5-15-6-11(10)14/h4-6,8H,1-3H3,(H,17,18). The molecule has 1 unspecified atom stereocenters. The fourth-order valence-corrected chi connectivity index (χ4v) is 2.98. The smallest absolute Gasteiger partial charge is 0.253 e. The van der Waals surface area contributed by atoms with Crippen LogP contribution < -0.4 is 5.32 Å². The fraction of sp³-hybridized carbons (Fsp3) is 0.308. The lowest BCUT2D eigenvalue weighted by molar-refractivity contribution is 0.0940. The molecule has 2 heterocycles. The monoisotopic (exact) mass is 295 g/mol. The van der Waals surface area contributed by atoms with Gasteiger partial charge in [-0.2, -0.15) is 0 Å². The Hall–Kier alpha value is -1.46. The lowest BCUT2D eigenvalue weighted by Gasteiger charge is -2.13. The summed E-state index contributed by atoms with van der Waals surface area (Å²) >= 11 is 7.54. The van der Waals surface area contributed by atoms with Crippen molar-refractivity contribution in [2.45, 2.75) is 26.8 Å². The predicted molar refractivity (Wildman–Crippen MR) is 76.7 cm³/mol. The Morgan fingerprint density at radius 1 is 1.47 bits per heavy atom. The van der Waals surface area contributed by atoms with Crippen LogP contribution in [-0.4, -0.2) is 15.9 Å². The molecule has 19 heavy (non-hydrogen) atoms. The number of thiazole rings is 1. The van der Waals surface area contributed by atoms with Crippen molar-refractivity contribution in [3.8, 4) is 0 Å². The molecule has 0 aliphatic rings. The number of carbonyl (C=O) groups is 1. The van der Waals surface area contributed by atoms with E-state index in [4.69, 9.17) is 11.6 Å². The summed E-state index contributed by atoms with van der Waals surface area (Å²) in [5.74, 6) is -0.203. The van der Waals surface area contributed by atoms with Gasteiger partial charge in [0.2, 0.25) is 0 Å². The van der Waals surface area contributed by atoms with E-state index in [-0.39, 0.29) is 11.9 Å². The summed E-state index contributed by atoms with van der Waals surface area (Å²) in [4.78, 5) is 21.4. The van der Waals surface area contributed by atoms with Gasteiger partial charge in [-0.3, -0.25) is 9.78 Å². The number of carbonyl (C=O) groups excluding carboxylic acids is 1. The van der Waals surface area contributed by atoms with E-state index in [0.29, 0.717) is 10.6 Å². The van der Waals surface area contributed by atoms with Gasteiger partial charge in [0.05, 0.1) is 27.3 Å². The van der Waals surface area contributed by atoms with Crippen molar-refractivity contribution in [1.82, 2.24) is 15.3 Å². The number of hydrogen-bond acceptors (Lipinski definition) is 4. The number of aromatic nitrogens is 2. The topological polar surface area (TPSA) is 54.9 Å². The third-order valence-electron chi connectivity index (χ3n) is 2.70. The number of nitrogens with zero attached hydrogens (tertiary/aromatic N) is 2. The van der Waals surface area contributed by atoms with Crippen molar-refractivity contribution in [3.63, 3.8) is 0 Å². The molecule has 0 fully saturated rings. The molecular weight excluding hydrogens is 282 g/mol. The molecule has 4 nitrogen and oxygen atoms in total. The molecule has 0 bridgehead atoms. The van der Waals surface area contributed by atoms with Crippen LogP contribution in [-0.2, 0) is 0 Å². The van der Waals surface area contributed by atoms with Crippen LogP contribution in [0.25, 0.3) is 0 Å². The van der Waals surface area contributed by atoms with Crippen molar-refractivity contribution in [2.24, 2.45) is 0 Å². The number of halogens is 1. The first kappa shape index (κ1) is 14.0. The highest BCUT2D eigenvalue weighted by Crippen LogP contribution is 2.25. The summed E-state index contributed by atoms with van der Waals surface area (Å²) in [6, 6.07) is 1.51. The average Bonchev–Trinajstić information content (AvgIpc) is 2.69. The molecule has 1 amide bonds. The Labute approximate surface area is 120 Å². The Bertz CT molecular complexity index is 612. The van der Waals surface area contributed by atoms with Crippen LogP contribution in [0.15, 0.2) is 18.5 Å². The van der Waals surface area contributed by atoms with E-state index in [1.165, 1.54) is 6.20 Å². The van der Waals surface area contributed by atoms with Crippen molar-refractivity contribution in [2.75, 3.05) is 0 Å². The normalized spacial score (nSPS) is 12.2. The number of rotatable bonds is 3. The Morgan fingerprint density at radius 3 is 2.79 bits per heavy atom. The lowest BCUT2D eigenvalue weighted by Crippen LogP contribution is -2.26. The second-order valence-corrected chi connectivity index (χ2v) is 5.88. The van der Waals surface area contributed by atoms with Crippen LogP contribution in [0, 0.1) is 13.8 Å². The van der Waals surface area contributed by atoms with Gasteiger partial charge in [-0.15, -0.1) is 11.3 Å². The van der Waals surface area contributed by atoms with Crippen molar-refractivity contribution in [3.05, 3.63) is 44.6 Å². The lowest BCUT2D eigenvalue weighted by atomic mass is 10.2. The molecule has 1 N–H and O–H groups in total. The van der Waals surface area contributed by atoms with Gasteiger partial charge in [-0.05, 0) is 26.8 Å². The summed E-state index contributed by atoms with van der Waals surface area (Å²) in [5.41, 5.74) is 1.39. The second kappa shape index (κ2) is 5.67. The maximum absolute atomic E-state index is 12.1. The van der Waals surface area contributed by atoms with Crippen LogP contribution in [0.2, 0.25) is 5.02 Å². The third kappa shape index (κ3) is 3.11. The highest BCUT2D eigenvalue weighted by molar-refractivity contribution is 7.11. The minimum absolute atomic E-state index is 0.0945. The largest absolute Gasteiger partial charge is 0.345 e. The zero-order chi connectivity index (χ0) is 14.0. The van der Waals surface area contributed by atoms with Gasteiger partial charge in [0.25, 0.3) is 5.91 Å². The van der Waals surface area contributed by atoms with E-state index in [0.717, 1.165) is 15.6 Å². The van der Waals surface area contributed by atoms with Gasteiger partial charge in [0.1, 0.15) is 0 Å². The number of nitrogens with one attached hydrogen (secondary N) is 1. The highest BCUT2D eigenvalue weighted by Gasteiger charge is 2.17. The van der Waals surface area contributed by atoms with E-state index in [1.807, 2.05) is 20.8 Å². The van der Waals surface area contributed by atoms with Crippen molar-refractivity contribution in [1.29, 1.82) is 0 Å². The molecule has 0 aromatic carbocycles. The van der Waals surface area contributed by atoms with Crippen molar-refractivity contribution >= 4 is 28.8 Å². The third-order valence-corrected chi connectivity index (χ3v) is 4.25. The van der Waals surface area contributed by atoms with Gasteiger partial charge >= 0.3 is 0 Å². The quantitative estimate of drug-likeness (QED) is 0.945. The second-order valence-electron chi connectivity index (χ2n) is 4.23. The fourth-order valence-electron chi connectivity index (χ4n) is 1.85. The molecule has 0 aliphatic carbocycles. The van der Waals surface area contributed by atoms with Crippen LogP contribution >= 0.6 is 22.9 Å². The Morgan fingerprint density at radius 2 is 2.21 bits per heavy atom. The number of amides is 1. The average molecular weight is 296 g/mol. The van der Waals surface area contributed by atoms with Gasteiger partial charge in [0.15, 0.2) is 0 Å². The van der Waals surface area contributed by atoms with E-state index in [1.54, 1.807) is 23.6 Å². The zero-order valence-corrected chi connectivity index (χ0v) is 12.5. The number of hydrogen-bond donors (Lipinski definition) is 1. The van der Waals surface area contributed by atoms with Crippen LogP contribution in [0.3, 0.4) is 0 Å². The first-order chi connectivity index (χ1) is 8.99. The molecular formula is C13H14ClN3OS. The van der Waals surface area contributed by atoms with Gasteiger partial charge in [0, 0.05) is 17.3 Å². The molecule has 0 radical (unpaired) electrons. The molecule has 0 aliphatic heterocycles. The molecule has 6 heteroatoms. The molecule has 2 rings (SSSR count). The van der Waals surface area contributed by atoms with Gasteiger partial charge in [-0.1, -0.05) is 11.6 Å². The molecule has 1 atom stereocenters. The van der Waals surface area contributed by atoms with E-state index < -0.39 is 0 Å². The maximum atomic E-state index is 12.1. The summed E-state index contributed by atoms with van der Waals surface area (Å²) in [6.07, 6.45) is 3.01. The zero-order valence-electron chi connectivity index (χ0n) is 10.9. The van der Waals surface area contributed by atoms with Gasteiger partial charge in [-0.25, -0.2) is 4.98 Å².